The minimum absolute atomic E-state index is 0.259. The Morgan fingerprint density at radius 2 is 1.86 bits per heavy atom. The van der Waals surface area contributed by atoms with Crippen LogP contribution >= 0.6 is 0 Å². The minimum Gasteiger partial charge on any atom is -0.339 e. The number of likely N-dealkylation sites (tertiary alicyclic amines) is 1. The van der Waals surface area contributed by atoms with Gasteiger partial charge in [-0.3, -0.25) is 9.36 Å². The first-order chi connectivity index (χ1) is 13.2. The van der Waals surface area contributed by atoms with E-state index in [0.717, 1.165) is 11.7 Å². The fourth-order valence-corrected chi connectivity index (χ4v) is 3.15. The quantitative estimate of drug-likeness (QED) is 0.590. The highest BCUT2D eigenvalue weighted by Gasteiger charge is 2.39. The highest BCUT2D eigenvalue weighted by Crippen LogP contribution is 2.28. The molecule has 2 aromatic rings. The average Bonchev–Trinajstić information content (AvgIpc) is 2.96. The summed E-state index contributed by atoms with van der Waals surface area (Å²) in [5.74, 6) is -2.02. The molecule has 3 rings (SSSR count). The van der Waals surface area contributed by atoms with Crippen LogP contribution in [0.5, 0.6) is 0 Å². The number of aromatic nitrogens is 3. The molecule has 1 fully saturated rings. The maximum Gasteiger partial charge on any atom is 0.451 e. The lowest BCUT2D eigenvalue weighted by molar-refractivity contribution is -0.147. The van der Waals surface area contributed by atoms with Gasteiger partial charge in [-0.05, 0) is 25.0 Å². The topological polar surface area (TPSA) is 60.1 Å². The fourth-order valence-electron chi connectivity index (χ4n) is 3.15. The third-order valence-corrected chi connectivity index (χ3v) is 4.69. The summed E-state index contributed by atoms with van der Waals surface area (Å²) < 4.78 is 53.6. The van der Waals surface area contributed by atoms with Crippen molar-refractivity contribution in [3.8, 4) is 0 Å². The van der Waals surface area contributed by atoms with Crippen molar-refractivity contribution in [3.63, 3.8) is 0 Å². The number of piperidine rings is 1. The monoisotopic (exact) mass is 398 g/mol. The normalized spacial score (nSPS) is 16.1. The van der Waals surface area contributed by atoms with Crippen LogP contribution in [0.1, 0.15) is 30.3 Å². The van der Waals surface area contributed by atoms with Gasteiger partial charge in [0.25, 0.3) is 0 Å². The number of alkyl halides is 3. The van der Waals surface area contributed by atoms with Gasteiger partial charge in [0.05, 0.1) is 6.04 Å². The van der Waals surface area contributed by atoms with Crippen molar-refractivity contribution >= 4 is 12.0 Å². The molecule has 0 N–H and O–H groups in total. The summed E-state index contributed by atoms with van der Waals surface area (Å²) in [6.45, 7) is 0.519. The molecular weight excluding hydrogens is 380 g/mol. The van der Waals surface area contributed by atoms with Crippen LogP contribution in [0.3, 0.4) is 0 Å². The average molecular weight is 398 g/mol. The van der Waals surface area contributed by atoms with Gasteiger partial charge in [-0.2, -0.15) is 13.2 Å². The molecule has 1 aliphatic heterocycles. The fraction of sp³-hybridized carbons (Fsp3) is 0.389. The lowest BCUT2D eigenvalue weighted by Gasteiger charge is -2.30. The number of rotatable bonds is 3. The van der Waals surface area contributed by atoms with Gasteiger partial charge in [-0.25, -0.2) is 13.9 Å². The smallest absolute Gasteiger partial charge is 0.339 e. The largest absolute Gasteiger partial charge is 0.451 e. The number of hydrogen-bond acceptors (Lipinski definition) is 3. The van der Waals surface area contributed by atoms with Gasteiger partial charge >= 0.3 is 11.9 Å². The Morgan fingerprint density at radius 3 is 2.43 bits per heavy atom. The molecule has 1 saturated heterocycles. The molecule has 150 valence electrons. The Morgan fingerprint density at radius 1 is 1.21 bits per heavy atom. The molecule has 1 amide bonds. The minimum atomic E-state index is -4.71. The van der Waals surface area contributed by atoms with E-state index < -0.39 is 29.5 Å². The van der Waals surface area contributed by atoms with Crippen molar-refractivity contribution in [2.24, 2.45) is 7.05 Å². The van der Waals surface area contributed by atoms with Crippen molar-refractivity contribution < 1.29 is 22.4 Å². The first-order valence-corrected chi connectivity index (χ1v) is 8.62. The van der Waals surface area contributed by atoms with E-state index in [0.29, 0.717) is 17.4 Å². The molecule has 0 aliphatic carbocycles. The first-order valence-electron chi connectivity index (χ1n) is 8.62. The SMILES string of the molecule is Cn1c(C(F)(F)F)nn(C2CCN(C(=O)/C=C/c3ccccc3F)CC2)c1=O. The zero-order valence-electron chi connectivity index (χ0n) is 15.0. The summed E-state index contributed by atoms with van der Waals surface area (Å²) in [6.07, 6.45) is -1.48. The third-order valence-electron chi connectivity index (χ3n) is 4.69. The molecule has 28 heavy (non-hydrogen) atoms. The number of nitrogens with zero attached hydrogens (tertiary/aromatic N) is 4. The van der Waals surface area contributed by atoms with Gasteiger partial charge in [0, 0.05) is 31.8 Å². The standard InChI is InChI=1S/C18H18F4N4O2/c1-24-16(18(20,21)22)23-26(17(24)28)13-8-10-25(11-9-13)15(27)7-6-12-4-2-3-5-14(12)19/h2-7,13H,8-11H2,1H3/b7-6+. The molecule has 6 nitrogen and oxygen atoms in total. The van der Waals surface area contributed by atoms with Crippen molar-refractivity contribution in [3.05, 3.63) is 58.0 Å². The molecule has 1 aromatic heterocycles. The second-order valence-electron chi connectivity index (χ2n) is 6.52. The number of carbonyl (C=O) groups is 1. The summed E-state index contributed by atoms with van der Waals surface area (Å²) in [6, 6.07) is 5.50. The summed E-state index contributed by atoms with van der Waals surface area (Å²) in [5, 5.41) is 3.44. The van der Waals surface area contributed by atoms with E-state index in [1.54, 1.807) is 12.1 Å². The number of hydrogen-bond donors (Lipinski definition) is 0. The summed E-state index contributed by atoms with van der Waals surface area (Å²) in [4.78, 5) is 25.8. The number of halogens is 4. The van der Waals surface area contributed by atoms with E-state index in [4.69, 9.17) is 0 Å². The van der Waals surface area contributed by atoms with E-state index in [2.05, 4.69) is 5.10 Å². The van der Waals surface area contributed by atoms with Crippen molar-refractivity contribution in [1.29, 1.82) is 0 Å². The van der Waals surface area contributed by atoms with Gasteiger partial charge in [0.2, 0.25) is 11.7 Å². The second-order valence-corrected chi connectivity index (χ2v) is 6.52. The lowest BCUT2D eigenvalue weighted by atomic mass is 10.1. The molecule has 0 unspecified atom stereocenters. The molecular formula is C18H18F4N4O2. The Labute approximate surface area is 157 Å². The van der Waals surface area contributed by atoms with E-state index in [1.165, 1.54) is 29.2 Å². The molecule has 0 spiro atoms. The first kappa shape index (κ1) is 19.8. The third kappa shape index (κ3) is 4.00. The van der Waals surface area contributed by atoms with Crippen molar-refractivity contribution in [2.45, 2.75) is 25.1 Å². The molecule has 1 aliphatic rings. The molecule has 0 radical (unpaired) electrons. The zero-order valence-corrected chi connectivity index (χ0v) is 15.0. The van der Waals surface area contributed by atoms with Crippen LogP contribution < -0.4 is 5.69 Å². The predicted octanol–water partition coefficient (Wildman–Crippen LogP) is 2.62. The summed E-state index contributed by atoms with van der Waals surface area (Å²) in [7, 11) is 1.03. The molecule has 1 aromatic carbocycles. The molecule has 0 atom stereocenters. The maximum atomic E-state index is 13.6. The predicted molar refractivity (Wildman–Crippen MR) is 92.8 cm³/mol. The second kappa shape index (κ2) is 7.61. The lowest BCUT2D eigenvalue weighted by Crippen LogP contribution is -2.40. The van der Waals surface area contributed by atoms with Crippen LogP contribution in [0, 0.1) is 5.82 Å². The zero-order chi connectivity index (χ0) is 20.5. The van der Waals surface area contributed by atoms with E-state index in [9.17, 15) is 27.2 Å². The van der Waals surface area contributed by atoms with Crippen LogP contribution in [-0.4, -0.2) is 38.2 Å². The van der Waals surface area contributed by atoms with Crippen LogP contribution in [-0.2, 0) is 18.0 Å². The Bertz CT molecular complexity index is 953. The van der Waals surface area contributed by atoms with Gasteiger partial charge in [0.1, 0.15) is 5.82 Å². The van der Waals surface area contributed by atoms with Gasteiger partial charge in [-0.15, -0.1) is 5.10 Å². The highest BCUT2D eigenvalue weighted by molar-refractivity contribution is 5.91. The van der Waals surface area contributed by atoms with Crippen molar-refractivity contribution in [1.82, 2.24) is 19.2 Å². The van der Waals surface area contributed by atoms with E-state index in [1.807, 2.05) is 0 Å². The molecule has 0 saturated carbocycles. The van der Waals surface area contributed by atoms with E-state index in [-0.39, 0.29) is 24.6 Å². The van der Waals surface area contributed by atoms with Crippen LogP contribution in [0.4, 0.5) is 17.6 Å². The molecule has 0 bridgehead atoms. The van der Waals surface area contributed by atoms with Crippen LogP contribution in [0.25, 0.3) is 6.08 Å². The van der Waals surface area contributed by atoms with Gasteiger partial charge < -0.3 is 4.90 Å². The van der Waals surface area contributed by atoms with Gasteiger partial charge in [0.15, 0.2) is 0 Å². The van der Waals surface area contributed by atoms with Crippen molar-refractivity contribution in [2.75, 3.05) is 13.1 Å². The summed E-state index contributed by atoms with van der Waals surface area (Å²) >= 11 is 0. The number of amides is 1. The Balaban J connectivity index is 1.66. The molecule has 2 heterocycles. The Kier molecular flexibility index (Phi) is 5.39. The van der Waals surface area contributed by atoms with Crippen LogP contribution in [0.15, 0.2) is 35.1 Å². The highest BCUT2D eigenvalue weighted by atomic mass is 19.4. The molecule has 10 heteroatoms. The van der Waals surface area contributed by atoms with Crippen LogP contribution in [0.2, 0.25) is 0 Å². The number of benzene rings is 1. The van der Waals surface area contributed by atoms with E-state index >= 15 is 0 Å². The summed E-state index contributed by atoms with van der Waals surface area (Å²) in [5.41, 5.74) is -0.554. The maximum absolute atomic E-state index is 13.6. The number of carbonyl (C=O) groups excluding carboxylic acids is 1. The Hall–Kier alpha value is -2.91. The van der Waals surface area contributed by atoms with Gasteiger partial charge in [-0.1, -0.05) is 18.2 Å².